The first-order chi connectivity index (χ1) is 6.86. The maximum absolute atomic E-state index is 11.6. The van der Waals surface area contributed by atoms with E-state index in [-0.39, 0.29) is 17.5 Å². The molecule has 0 aromatic rings. The maximum Gasteiger partial charge on any atom is 0.333 e. The van der Waals surface area contributed by atoms with Crippen LogP contribution >= 0.6 is 0 Å². The molecule has 0 spiro atoms. The molecule has 1 rings (SSSR count). The number of ether oxygens (including phenoxy) is 1. The van der Waals surface area contributed by atoms with E-state index in [2.05, 4.69) is 27.4 Å². The summed E-state index contributed by atoms with van der Waals surface area (Å²) in [5.41, 5.74) is 0.689. The van der Waals surface area contributed by atoms with Gasteiger partial charge in [0.05, 0.1) is 0 Å². The van der Waals surface area contributed by atoms with Gasteiger partial charge in [-0.2, -0.15) is 0 Å². The monoisotopic (exact) mass is 210 g/mol. The van der Waals surface area contributed by atoms with Crippen LogP contribution in [0.4, 0.5) is 0 Å². The second-order valence-electron chi connectivity index (χ2n) is 5.38. The Labute approximate surface area is 92.7 Å². The fourth-order valence-corrected chi connectivity index (χ4v) is 2.36. The number of carbonyl (C=O) groups is 1. The van der Waals surface area contributed by atoms with Crippen LogP contribution in [0.1, 0.15) is 47.0 Å². The summed E-state index contributed by atoms with van der Waals surface area (Å²) in [6.07, 6.45) is 2.84. The fourth-order valence-electron chi connectivity index (χ4n) is 2.36. The van der Waals surface area contributed by atoms with Crippen LogP contribution in [-0.2, 0) is 9.53 Å². The molecule has 2 unspecified atom stereocenters. The van der Waals surface area contributed by atoms with Gasteiger partial charge >= 0.3 is 5.97 Å². The molecule has 0 aromatic heterocycles. The highest BCUT2D eigenvalue weighted by Gasteiger charge is 2.41. The van der Waals surface area contributed by atoms with Gasteiger partial charge in [0, 0.05) is 11.0 Å². The van der Waals surface area contributed by atoms with Crippen LogP contribution in [0.3, 0.4) is 0 Å². The summed E-state index contributed by atoms with van der Waals surface area (Å²) in [4.78, 5) is 11.6. The predicted octanol–water partition coefficient (Wildman–Crippen LogP) is 3.32. The number of hydrogen-bond acceptors (Lipinski definition) is 2. The minimum absolute atomic E-state index is 0.0586. The first kappa shape index (κ1) is 12.3. The van der Waals surface area contributed by atoms with Crippen LogP contribution in [0.25, 0.3) is 0 Å². The smallest absolute Gasteiger partial charge is 0.333 e. The lowest BCUT2D eigenvalue weighted by molar-refractivity contribution is -0.148. The van der Waals surface area contributed by atoms with Gasteiger partial charge in [0.2, 0.25) is 0 Å². The van der Waals surface area contributed by atoms with Gasteiger partial charge in [-0.25, -0.2) is 4.79 Å². The first-order valence-electron chi connectivity index (χ1n) is 5.75. The zero-order valence-electron chi connectivity index (χ0n) is 10.3. The summed E-state index contributed by atoms with van der Waals surface area (Å²) >= 11 is 0. The molecule has 2 heteroatoms. The van der Waals surface area contributed by atoms with E-state index in [4.69, 9.17) is 4.74 Å². The van der Waals surface area contributed by atoms with Crippen molar-refractivity contribution in [1.29, 1.82) is 0 Å². The van der Waals surface area contributed by atoms with Gasteiger partial charge in [-0.1, -0.05) is 34.3 Å². The van der Waals surface area contributed by atoms with Crippen molar-refractivity contribution in [1.82, 2.24) is 0 Å². The molecule has 0 aliphatic heterocycles. The standard InChI is InChI=1S/C13H22O2/c1-6-10(3)12(14)15-11-7-9(2)8-13(11,4)5/h9,11H,3,6-8H2,1-2,4-5H3. The van der Waals surface area contributed by atoms with Crippen LogP contribution < -0.4 is 0 Å². The van der Waals surface area contributed by atoms with E-state index in [1.807, 2.05) is 6.92 Å². The summed E-state index contributed by atoms with van der Waals surface area (Å²) in [7, 11) is 0. The van der Waals surface area contributed by atoms with E-state index in [1.165, 1.54) is 0 Å². The maximum atomic E-state index is 11.6. The highest BCUT2D eigenvalue weighted by Crippen LogP contribution is 2.43. The van der Waals surface area contributed by atoms with Crippen LogP contribution in [0, 0.1) is 11.3 Å². The Balaban J connectivity index is 2.59. The average molecular weight is 210 g/mol. The van der Waals surface area contributed by atoms with Crippen molar-refractivity contribution in [3.05, 3.63) is 12.2 Å². The van der Waals surface area contributed by atoms with E-state index in [9.17, 15) is 4.79 Å². The first-order valence-corrected chi connectivity index (χ1v) is 5.75. The lowest BCUT2D eigenvalue weighted by Crippen LogP contribution is -2.29. The lowest BCUT2D eigenvalue weighted by Gasteiger charge is -2.26. The molecule has 86 valence electrons. The highest BCUT2D eigenvalue weighted by molar-refractivity contribution is 5.87. The molecule has 0 saturated heterocycles. The summed E-state index contributed by atoms with van der Waals surface area (Å²) in [5.74, 6) is 0.428. The second-order valence-corrected chi connectivity index (χ2v) is 5.38. The topological polar surface area (TPSA) is 26.3 Å². The number of rotatable bonds is 3. The molecule has 1 saturated carbocycles. The van der Waals surface area contributed by atoms with Crippen LogP contribution in [0.15, 0.2) is 12.2 Å². The predicted molar refractivity (Wildman–Crippen MR) is 61.5 cm³/mol. The average Bonchev–Trinajstić information content (AvgIpc) is 2.38. The molecule has 0 radical (unpaired) electrons. The molecular formula is C13H22O2. The molecule has 0 heterocycles. The summed E-state index contributed by atoms with van der Waals surface area (Å²) in [6.45, 7) is 12.2. The molecule has 0 N–H and O–H groups in total. The lowest BCUT2D eigenvalue weighted by atomic mass is 9.88. The molecule has 1 aliphatic carbocycles. The normalized spacial score (nSPS) is 28.8. The van der Waals surface area contributed by atoms with E-state index in [0.717, 1.165) is 12.8 Å². The summed E-state index contributed by atoms with van der Waals surface area (Å²) in [5, 5.41) is 0. The van der Waals surface area contributed by atoms with Crippen molar-refractivity contribution in [3.63, 3.8) is 0 Å². The number of esters is 1. The Morgan fingerprint density at radius 1 is 1.53 bits per heavy atom. The van der Waals surface area contributed by atoms with Gasteiger partial charge in [-0.15, -0.1) is 0 Å². The van der Waals surface area contributed by atoms with Gasteiger partial charge in [0.1, 0.15) is 6.10 Å². The quantitative estimate of drug-likeness (QED) is 0.527. The molecule has 15 heavy (non-hydrogen) atoms. The third-order valence-electron chi connectivity index (χ3n) is 3.33. The molecule has 0 aromatic carbocycles. The van der Waals surface area contributed by atoms with Gasteiger partial charge in [-0.3, -0.25) is 0 Å². The van der Waals surface area contributed by atoms with Gasteiger partial charge in [0.15, 0.2) is 0 Å². The third kappa shape index (κ3) is 2.83. The van der Waals surface area contributed by atoms with Crippen molar-refractivity contribution in [2.45, 2.75) is 53.1 Å². The van der Waals surface area contributed by atoms with E-state index < -0.39 is 0 Å². The van der Waals surface area contributed by atoms with Gasteiger partial charge in [0.25, 0.3) is 0 Å². The van der Waals surface area contributed by atoms with Crippen molar-refractivity contribution in [2.24, 2.45) is 11.3 Å². The van der Waals surface area contributed by atoms with Gasteiger partial charge < -0.3 is 4.74 Å². The Hall–Kier alpha value is -0.790. The molecule has 2 atom stereocenters. The fraction of sp³-hybridized carbons (Fsp3) is 0.769. The Bertz CT molecular complexity index is 266. The van der Waals surface area contributed by atoms with Gasteiger partial charge in [-0.05, 0) is 25.2 Å². The Morgan fingerprint density at radius 3 is 2.53 bits per heavy atom. The van der Waals surface area contributed by atoms with Crippen LogP contribution in [0.5, 0.6) is 0 Å². The molecule has 1 aliphatic rings. The van der Waals surface area contributed by atoms with E-state index in [0.29, 0.717) is 17.9 Å². The zero-order chi connectivity index (χ0) is 11.6. The second kappa shape index (κ2) is 4.38. The SMILES string of the molecule is C=C(CC)C(=O)OC1CC(C)CC1(C)C. The summed E-state index contributed by atoms with van der Waals surface area (Å²) < 4.78 is 5.51. The van der Waals surface area contributed by atoms with Crippen molar-refractivity contribution < 1.29 is 9.53 Å². The van der Waals surface area contributed by atoms with Crippen molar-refractivity contribution in [2.75, 3.05) is 0 Å². The molecule has 1 fully saturated rings. The van der Waals surface area contributed by atoms with Crippen molar-refractivity contribution >= 4 is 5.97 Å². The van der Waals surface area contributed by atoms with Crippen molar-refractivity contribution in [3.8, 4) is 0 Å². The van der Waals surface area contributed by atoms with E-state index >= 15 is 0 Å². The number of carbonyl (C=O) groups excluding carboxylic acids is 1. The Kier molecular flexibility index (Phi) is 3.58. The molecular weight excluding hydrogens is 188 g/mol. The minimum Gasteiger partial charge on any atom is -0.458 e. The van der Waals surface area contributed by atoms with E-state index in [1.54, 1.807) is 0 Å². The zero-order valence-corrected chi connectivity index (χ0v) is 10.3. The largest absolute Gasteiger partial charge is 0.458 e. The third-order valence-corrected chi connectivity index (χ3v) is 3.33. The Morgan fingerprint density at radius 2 is 2.13 bits per heavy atom. The minimum atomic E-state index is -0.218. The molecule has 0 amide bonds. The number of hydrogen-bond donors (Lipinski definition) is 0. The van der Waals surface area contributed by atoms with Crippen LogP contribution in [0.2, 0.25) is 0 Å². The van der Waals surface area contributed by atoms with Crippen LogP contribution in [-0.4, -0.2) is 12.1 Å². The summed E-state index contributed by atoms with van der Waals surface area (Å²) in [6, 6.07) is 0. The highest BCUT2D eigenvalue weighted by atomic mass is 16.5. The molecule has 2 nitrogen and oxygen atoms in total. The molecule has 0 bridgehead atoms.